The summed E-state index contributed by atoms with van der Waals surface area (Å²) < 4.78 is 18.5. The minimum atomic E-state index is 0.00456. The molecular weight excluding hydrogens is 673 g/mol. The molecule has 2 aromatic carbocycles. The molecule has 2 aromatic rings. The Hall–Kier alpha value is -2.72. The van der Waals surface area contributed by atoms with Crippen LogP contribution in [0.5, 0.6) is 0 Å². The zero-order chi connectivity index (χ0) is 39.0. The van der Waals surface area contributed by atoms with Crippen molar-refractivity contribution < 1.29 is 14.2 Å². The van der Waals surface area contributed by atoms with Crippen LogP contribution in [0.1, 0.15) is 204 Å². The van der Waals surface area contributed by atoms with Crippen LogP contribution in [0.2, 0.25) is 0 Å². The number of allylic oxidation sites excluding steroid dienone is 8. The summed E-state index contributed by atoms with van der Waals surface area (Å²) in [5, 5.41) is 0. The van der Waals surface area contributed by atoms with E-state index in [0.717, 1.165) is 25.7 Å². The van der Waals surface area contributed by atoms with Crippen LogP contribution >= 0.6 is 0 Å². The summed E-state index contributed by atoms with van der Waals surface area (Å²) in [7, 11) is 0. The molecule has 0 bridgehead atoms. The molecule has 0 aliphatic heterocycles. The number of hydrogen-bond donors (Lipinski definition) is 0. The summed E-state index contributed by atoms with van der Waals surface area (Å²) in [4.78, 5) is 0. The van der Waals surface area contributed by atoms with E-state index in [1.165, 1.54) is 152 Å². The number of ether oxygens (including phenoxy) is 3. The Morgan fingerprint density at radius 3 is 0.982 bits per heavy atom. The predicted molar refractivity (Wildman–Crippen MR) is 239 cm³/mol. The zero-order valence-electron chi connectivity index (χ0n) is 35.6. The summed E-state index contributed by atoms with van der Waals surface area (Å²) in [6.07, 6.45) is 51.6. The minimum absolute atomic E-state index is 0.00456. The maximum atomic E-state index is 6.28. The van der Waals surface area contributed by atoms with Gasteiger partial charge in [0.15, 0.2) is 0 Å². The molecule has 0 fully saturated rings. The second kappa shape index (κ2) is 38.2. The lowest BCUT2D eigenvalue weighted by Gasteiger charge is -2.20. The minimum Gasteiger partial charge on any atom is -0.347 e. The fourth-order valence-electron chi connectivity index (χ4n) is 6.87. The average molecular weight is 755 g/mol. The average Bonchev–Trinajstić information content (AvgIpc) is 3.22. The summed E-state index contributed by atoms with van der Waals surface area (Å²) >= 11 is 0. The van der Waals surface area contributed by atoms with Gasteiger partial charge in [0.25, 0.3) is 0 Å². The van der Waals surface area contributed by atoms with Crippen LogP contribution in [-0.2, 0) is 14.2 Å². The molecule has 0 N–H and O–H groups in total. The highest BCUT2D eigenvalue weighted by molar-refractivity contribution is 5.18. The Morgan fingerprint density at radius 2 is 0.655 bits per heavy atom. The first-order valence-corrected chi connectivity index (χ1v) is 22.9. The van der Waals surface area contributed by atoms with Crippen LogP contribution in [0, 0.1) is 0 Å². The first-order chi connectivity index (χ1) is 27.3. The van der Waals surface area contributed by atoms with E-state index in [0.29, 0.717) is 0 Å². The Balaban J connectivity index is 1.59. The third-order valence-electron chi connectivity index (χ3n) is 10.3. The second-order valence-corrected chi connectivity index (χ2v) is 15.3. The van der Waals surface area contributed by atoms with Crippen LogP contribution in [0.3, 0.4) is 0 Å². The SMILES string of the molecule is CCCCC=CCCCCCCCCC=CCCC(OCOCOC(CCC=CCCCCCCCCC=CCCCC)c1ccccc1)c1ccccc1. The van der Waals surface area contributed by atoms with Crippen molar-refractivity contribution in [3.05, 3.63) is 120 Å². The van der Waals surface area contributed by atoms with Gasteiger partial charge in [-0.2, -0.15) is 0 Å². The largest absolute Gasteiger partial charge is 0.347 e. The highest BCUT2D eigenvalue weighted by Crippen LogP contribution is 2.25. The summed E-state index contributed by atoms with van der Waals surface area (Å²) in [5.41, 5.74) is 2.40. The lowest BCUT2D eigenvalue weighted by atomic mass is 10.0. The van der Waals surface area contributed by atoms with Crippen LogP contribution < -0.4 is 0 Å². The second-order valence-electron chi connectivity index (χ2n) is 15.3. The summed E-state index contributed by atoms with van der Waals surface area (Å²) in [6.45, 7) is 4.96. The number of unbranched alkanes of at least 4 members (excludes halogenated alkanes) is 18. The van der Waals surface area contributed by atoms with Gasteiger partial charge in [-0.15, -0.1) is 0 Å². The van der Waals surface area contributed by atoms with Gasteiger partial charge < -0.3 is 14.2 Å². The van der Waals surface area contributed by atoms with Crippen LogP contribution in [-0.4, -0.2) is 13.6 Å². The predicted octanol–water partition coefficient (Wildman–Crippen LogP) is 16.8. The van der Waals surface area contributed by atoms with Crippen molar-refractivity contribution >= 4 is 0 Å². The molecule has 308 valence electrons. The quantitative estimate of drug-likeness (QED) is 0.0388. The Bertz CT molecular complexity index is 1090. The van der Waals surface area contributed by atoms with E-state index in [4.69, 9.17) is 14.2 Å². The van der Waals surface area contributed by atoms with Gasteiger partial charge in [0.2, 0.25) is 0 Å². The number of benzene rings is 2. The Kier molecular flexibility index (Phi) is 33.6. The van der Waals surface area contributed by atoms with E-state index in [2.05, 4.69) is 123 Å². The van der Waals surface area contributed by atoms with Gasteiger partial charge in [0.1, 0.15) is 13.6 Å². The Morgan fingerprint density at radius 1 is 0.364 bits per heavy atom. The molecule has 0 heterocycles. The van der Waals surface area contributed by atoms with E-state index < -0.39 is 0 Å². The van der Waals surface area contributed by atoms with Gasteiger partial charge in [0, 0.05) is 0 Å². The molecule has 3 nitrogen and oxygen atoms in total. The van der Waals surface area contributed by atoms with Crippen LogP contribution in [0.15, 0.2) is 109 Å². The molecular formula is C52H82O3. The molecule has 2 unspecified atom stereocenters. The van der Waals surface area contributed by atoms with Crippen molar-refractivity contribution in [3.63, 3.8) is 0 Å². The molecule has 2 atom stereocenters. The Labute approximate surface area is 340 Å². The molecule has 0 spiro atoms. The van der Waals surface area contributed by atoms with Gasteiger partial charge in [-0.05, 0) is 101 Å². The molecule has 55 heavy (non-hydrogen) atoms. The lowest BCUT2D eigenvalue weighted by Crippen LogP contribution is -2.12. The third kappa shape index (κ3) is 29.2. The molecule has 0 aromatic heterocycles. The van der Waals surface area contributed by atoms with Gasteiger partial charge in [0.05, 0.1) is 12.2 Å². The zero-order valence-corrected chi connectivity index (χ0v) is 35.6. The first-order valence-electron chi connectivity index (χ1n) is 22.9. The van der Waals surface area contributed by atoms with Gasteiger partial charge in [-0.1, -0.05) is 200 Å². The molecule has 0 saturated heterocycles. The van der Waals surface area contributed by atoms with Crippen molar-refractivity contribution in [1.82, 2.24) is 0 Å². The van der Waals surface area contributed by atoms with E-state index in [1.54, 1.807) is 0 Å². The van der Waals surface area contributed by atoms with Crippen molar-refractivity contribution in [3.8, 4) is 0 Å². The monoisotopic (exact) mass is 755 g/mol. The fourth-order valence-corrected chi connectivity index (χ4v) is 6.87. The number of rotatable bonds is 38. The van der Waals surface area contributed by atoms with E-state index in [9.17, 15) is 0 Å². The molecule has 0 amide bonds. The molecule has 3 heteroatoms. The molecule has 0 aliphatic carbocycles. The standard InChI is InChI=1S/C52H82O3/c1-3-5-7-9-11-13-15-17-19-21-23-25-27-29-31-39-45-51(49-41-35-33-36-42-49)54-47-53-48-55-52(50-43-37-34-38-44-50)46-40-32-30-28-26-24-22-20-18-16-14-12-10-8-6-4-2/h9-12,29-38,41-44,51-52H,3-8,13-28,39-40,45-48H2,1-2H3. The summed E-state index contributed by atoms with van der Waals surface area (Å²) in [5.74, 6) is 0. The molecule has 0 aliphatic rings. The van der Waals surface area contributed by atoms with E-state index in [1.807, 2.05) is 0 Å². The molecule has 2 rings (SSSR count). The molecule has 0 radical (unpaired) electrons. The third-order valence-corrected chi connectivity index (χ3v) is 10.3. The molecule has 0 saturated carbocycles. The fraction of sp³-hybridized carbons (Fsp3) is 0.615. The van der Waals surface area contributed by atoms with E-state index in [-0.39, 0.29) is 25.8 Å². The van der Waals surface area contributed by atoms with E-state index >= 15 is 0 Å². The topological polar surface area (TPSA) is 27.7 Å². The maximum Gasteiger partial charge on any atom is 0.150 e. The normalized spacial score (nSPS) is 13.3. The van der Waals surface area contributed by atoms with Crippen LogP contribution in [0.25, 0.3) is 0 Å². The highest BCUT2D eigenvalue weighted by Gasteiger charge is 2.13. The smallest absolute Gasteiger partial charge is 0.150 e. The van der Waals surface area contributed by atoms with Gasteiger partial charge in [-0.25, -0.2) is 0 Å². The van der Waals surface area contributed by atoms with Crippen molar-refractivity contribution in [2.24, 2.45) is 0 Å². The maximum absolute atomic E-state index is 6.28. The van der Waals surface area contributed by atoms with Crippen molar-refractivity contribution in [1.29, 1.82) is 0 Å². The first kappa shape index (κ1) is 48.4. The van der Waals surface area contributed by atoms with Crippen molar-refractivity contribution in [2.75, 3.05) is 13.6 Å². The number of hydrogen-bond acceptors (Lipinski definition) is 3. The highest BCUT2D eigenvalue weighted by atomic mass is 16.7. The summed E-state index contributed by atoms with van der Waals surface area (Å²) in [6, 6.07) is 21.1. The van der Waals surface area contributed by atoms with Gasteiger partial charge in [-0.3, -0.25) is 0 Å². The van der Waals surface area contributed by atoms with Crippen molar-refractivity contribution in [2.45, 2.75) is 193 Å². The van der Waals surface area contributed by atoms with Crippen LogP contribution in [0.4, 0.5) is 0 Å². The van der Waals surface area contributed by atoms with Gasteiger partial charge >= 0.3 is 0 Å². The lowest BCUT2D eigenvalue weighted by molar-refractivity contribution is -0.168.